The van der Waals surface area contributed by atoms with Crippen molar-refractivity contribution >= 4 is 29.7 Å². The number of carbonyl (C=O) groups is 2. The number of rotatable bonds is 2. The van der Waals surface area contributed by atoms with Crippen LogP contribution in [0.15, 0.2) is 27.4 Å². The van der Waals surface area contributed by atoms with E-state index in [1.807, 2.05) is 0 Å². The smallest absolute Gasteiger partial charge is 0.353 e. The van der Waals surface area contributed by atoms with E-state index in [1.54, 1.807) is 13.0 Å². The van der Waals surface area contributed by atoms with E-state index in [2.05, 4.69) is 4.98 Å². The van der Waals surface area contributed by atoms with E-state index in [0.29, 0.717) is 17.2 Å². The van der Waals surface area contributed by atoms with Crippen LogP contribution in [-0.4, -0.2) is 32.2 Å². The predicted octanol–water partition coefficient (Wildman–Crippen LogP) is 1.21. The van der Waals surface area contributed by atoms with Crippen molar-refractivity contribution in [2.75, 3.05) is 0 Å². The number of hydrogen-bond donors (Lipinski definition) is 1. The summed E-state index contributed by atoms with van der Waals surface area (Å²) >= 11 is 1.30. The zero-order valence-corrected chi connectivity index (χ0v) is 10.1. The second-order valence-corrected chi connectivity index (χ2v) is 4.82. The van der Waals surface area contributed by atoms with Crippen LogP contribution in [0.5, 0.6) is 0 Å². The van der Waals surface area contributed by atoms with Crippen LogP contribution in [0.25, 0.3) is 6.08 Å². The number of carboxylic acid groups (broad SMARTS) is 1. The number of hydrogen-bond acceptors (Lipinski definition) is 5. The van der Waals surface area contributed by atoms with E-state index >= 15 is 0 Å². The summed E-state index contributed by atoms with van der Waals surface area (Å²) in [6, 6.07) is 0. The van der Waals surface area contributed by atoms with Gasteiger partial charge in [-0.05, 0) is 6.08 Å². The highest BCUT2D eigenvalue weighted by atomic mass is 32.2. The molecule has 7 heteroatoms. The number of β-lactam (4-membered cyclic amide) rings is 1. The highest BCUT2D eigenvalue weighted by Crippen LogP contribution is 2.44. The maximum atomic E-state index is 11.9. The van der Waals surface area contributed by atoms with Crippen LogP contribution in [-0.2, 0) is 9.59 Å². The molecule has 0 aromatic carbocycles. The zero-order chi connectivity index (χ0) is 12.9. The fourth-order valence-corrected chi connectivity index (χ4v) is 2.99. The van der Waals surface area contributed by atoms with Crippen LogP contribution in [0.4, 0.5) is 0 Å². The fourth-order valence-electron chi connectivity index (χ4n) is 1.87. The molecule has 0 bridgehead atoms. The molecule has 1 N–H and O–H groups in total. The zero-order valence-electron chi connectivity index (χ0n) is 9.28. The van der Waals surface area contributed by atoms with Crippen molar-refractivity contribution < 1.29 is 19.1 Å². The highest BCUT2D eigenvalue weighted by molar-refractivity contribution is 8.03. The highest BCUT2D eigenvalue weighted by Gasteiger charge is 2.49. The first-order valence-electron chi connectivity index (χ1n) is 5.14. The van der Waals surface area contributed by atoms with Gasteiger partial charge in [0.25, 0.3) is 5.91 Å². The van der Waals surface area contributed by atoms with Crippen molar-refractivity contribution in [2.45, 2.75) is 12.3 Å². The molecule has 1 fully saturated rings. The summed E-state index contributed by atoms with van der Waals surface area (Å²) < 4.78 is 5.05. The number of fused-ring (bicyclic) bond motifs is 1. The van der Waals surface area contributed by atoms with Crippen LogP contribution >= 0.6 is 11.8 Å². The molecule has 92 valence electrons. The molecule has 6 nitrogen and oxygen atoms in total. The third-order valence-electron chi connectivity index (χ3n) is 2.69. The van der Waals surface area contributed by atoms with E-state index in [0.717, 1.165) is 0 Å². The van der Waals surface area contributed by atoms with Crippen LogP contribution < -0.4 is 0 Å². The monoisotopic (exact) mass is 264 g/mol. The summed E-state index contributed by atoms with van der Waals surface area (Å²) in [5.41, 5.74) is 1.14. The molecule has 0 saturated carbocycles. The standard InChI is InChI=1S/C11H8N2O4S/c1-5-12-6(3-17-5)2-7-9(14)13-8(11(15)16)4-18-10(7)13/h2-4,10H,1H3,(H,15,16)/b7-2+/t10-/m1/s1. The number of aliphatic carboxylic acids is 1. The van der Waals surface area contributed by atoms with Crippen molar-refractivity contribution in [3.63, 3.8) is 0 Å². The number of aromatic nitrogens is 1. The molecule has 1 atom stereocenters. The first kappa shape index (κ1) is 11.1. The number of nitrogens with zero attached hydrogens (tertiary/aromatic N) is 2. The summed E-state index contributed by atoms with van der Waals surface area (Å²) in [5, 5.41) is 10.1. The Kier molecular flexibility index (Phi) is 2.30. The molecule has 1 aromatic rings. The van der Waals surface area contributed by atoms with Crippen LogP contribution in [0.2, 0.25) is 0 Å². The van der Waals surface area contributed by atoms with Gasteiger partial charge in [-0.15, -0.1) is 11.8 Å². The Labute approximate surface area is 106 Å². The Bertz CT molecular complexity index is 616. The van der Waals surface area contributed by atoms with Crippen molar-refractivity contribution in [1.29, 1.82) is 0 Å². The van der Waals surface area contributed by atoms with Crippen molar-refractivity contribution in [2.24, 2.45) is 0 Å². The predicted molar refractivity (Wildman–Crippen MR) is 63.2 cm³/mol. The van der Waals surface area contributed by atoms with E-state index in [4.69, 9.17) is 9.52 Å². The SMILES string of the molecule is Cc1nc(/C=C2\C(=O)N3C(C(=O)O)=CS[C@H]23)co1. The van der Waals surface area contributed by atoms with Gasteiger partial charge in [-0.1, -0.05) is 0 Å². The van der Waals surface area contributed by atoms with Gasteiger partial charge in [0.15, 0.2) is 5.89 Å². The molecule has 0 aliphatic carbocycles. The third-order valence-corrected chi connectivity index (χ3v) is 3.78. The molecule has 18 heavy (non-hydrogen) atoms. The summed E-state index contributed by atoms with van der Waals surface area (Å²) in [4.78, 5) is 28.1. The summed E-state index contributed by atoms with van der Waals surface area (Å²) in [6.07, 6.45) is 3.09. The van der Waals surface area contributed by atoms with Gasteiger partial charge in [-0.25, -0.2) is 9.78 Å². The lowest BCUT2D eigenvalue weighted by Gasteiger charge is -2.36. The number of oxazole rings is 1. The number of carboxylic acids is 1. The van der Waals surface area contributed by atoms with E-state index in [9.17, 15) is 9.59 Å². The van der Waals surface area contributed by atoms with Gasteiger partial charge in [0.1, 0.15) is 23.0 Å². The van der Waals surface area contributed by atoms with Crippen molar-refractivity contribution in [3.05, 3.63) is 34.5 Å². The minimum atomic E-state index is -1.09. The Morgan fingerprint density at radius 1 is 1.67 bits per heavy atom. The maximum Gasteiger partial charge on any atom is 0.353 e. The van der Waals surface area contributed by atoms with Gasteiger partial charge in [0, 0.05) is 12.3 Å². The Balaban J connectivity index is 1.86. The van der Waals surface area contributed by atoms with Crippen LogP contribution in [0, 0.1) is 6.92 Å². The van der Waals surface area contributed by atoms with Gasteiger partial charge in [0.2, 0.25) is 0 Å². The lowest BCUT2D eigenvalue weighted by molar-refractivity contribution is -0.141. The normalized spacial score (nSPS) is 23.9. The molecule has 1 aromatic heterocycles. The lowest BCUT2D eigenvalue weighted by atomic mass is 10.0. The molecule has 3 heterocycles. The molecule has 2 aliphatic heterocycles. The van der Waals surface area contributed by atoms with E-state index < -0.39 is 5.97 Å². The third kappa shape index (κ3) is 1.47. The Morgan fingerprint density at radius 3 is 3.06 bits per heavy atom. The molecule has 1 amide bonds. The maximum absolute atomic E-state index is 11.9. The minimum absolute atomic E-state index is 0.0310. The quantitative estimate of drug-likeness (QED) is 0.638. The molecule has 0 radical (unpaired) electrons. The number of amides is 1. The van der Waals surface area contributed by atoms with Gasteiger partial charge in [-0.3, -0.25) is 9.69 Å². The van der Waals surface area contributed by atoms with Gasteiger partial charge in [0.05, 0.1) is 5.57 Å². The first-order chi connectivity index (χ1) is 8.58. The number of aryl methyl sites for hydroxylation is 1. The average molecular weight is 264 g/mol. The molecule has 0 unspecified atom stereocenters. The Morgan fingerprint density at radius 2 is 2.44 bits per heavy atom. The largest absolute Gasteiger partial charge is 0.477 e. The lowest BCUT2D eigenvalue weighted by Crippen LogP contribution is -2.51. The molecule has 0 spiro atoms. The van der Waals surface area contributed by atoms with Gasteiger partial charge in [-0.2, -0.15) is 0 Å². The first-order valence-corrected chi connectivity index (χ1v) is 6.08. The van der Waals surface area contributed by atoms with Gasteiger partial charge < -0.3 is 9.52 Å². The fraction of sp³-hybridized carbons (Fsp3) is 0.182. The average Bonchev–Trinajstić information content (AvgIpc) is 2.89. The second-order valence-electron chi connectivity index (χ2n) is 3.86. The molecular weight excluding hydrogens is 256 g/mol. The number of thioether (sulfide) groups is 1. The molecular formula is C11H8N2O4S. The molecule has 2 aliphatic rings. The van der Waals surface area contributed by atoms with Crippen LogP contribution in [0.1, 0.15) is 11.6 Å². The van der Waals surface area contributed by atoms with Crippen molar-refractivity contribution in [1.82, 2.24) is 9.88 Å². The second kappa shape index (κ2) is 3.74. The summed E-state index contributed by atoms with van der Waals surface area (Å²) in [6.45, 7) is 1.71. The summed E-state index contributed by atoms with van der Waals surface area (Å²) in [5.74, 6) is -0.858. The Hall–Kier alpha value is -2.02. The van der Waals surface area contributed by atoms with Crippen molar-refractivity contribution in [3.8, 4) is 0 Å². The van der Waals surface area contributed by atoms with Gasteiger partial charge >= 0.3 is 5.97 Å². The molecule has 1 saturated heterocycles. The molecule has 3 rings (SSSR count). The topological polar surface area (TPSA) is 83.6 Å². The summed E-state index contributed by atoms with van der Waals surface area (Å²) in [7, 11) is 0. The van der Waals surface area contributed by atoms with Crippen LogP contribution in [0.3, 0.4) is 0 Å². The minimum Gasteiger partial charge on any atom is -0.477 e. The van der Waals surface area contributed by atoms with E-state index in [1.165, 1.54) is 28.3 Å². The van der Waals surface area contributed by atoms with E-state index in [-0.39, 0.29) is 17.0 Å². The number of carbonyl (C=O) groups excluding carboxylic acids is 1.